The van der Waals surface area contributed by atoms with Crippen LogP contribution in [-0.4, -0.2) is 33.9 Å². The van der Waals surface area contributed by atoms with Gasteiger partial charge in [0.15, 0.2) is 0 Å². The molecule has 5 nitrogen and oxygen atoms in total. The molecule has 1 aromatic heterocycles. The minimum Gasteiger partial charge on any atom is -0.368 e. The number of amides is 1. The van der Waals surface area contributed by atoms with Gasteiger partial charge >= 0.3 is 0 Å². The van der Waals surface area contributed by atoms with Gasteiger partial charge in [-0.2, -0.15) is 0 Å². The Hall–Kier alpha value is -2.43. The Morgan fingerprint density at radius 1 is 1.17 bits per heavy atom. The average molecular weight is 310 g/mol. The fourth-order valence-corrected chi connectivity index (χ4v) is 3.22. The Kier molecular flexibility index (Phi) is 4.55. The minimum atomic E-state index is -0.0455. The Bertz CT molecular complexity index is 666. The summed E-state index contributed by atoms with van der Waals surface area (Å²) in [5.74, 6) is 0.632. The van der Waals surface area contributed by atoms with E-state index in [1.165, 1.54) is 5.56 Å². The fourth-order valence-electron chi connectivity index (χ4n) is 3.22. The lowest BCUT2D eigenvalue weighted by Crippen LogP contribution is -2.32. The van der Waals surface area contributed by atoms with Gasteiger partial charge in [0.1, 0.15) is 5.69 Å². The van der Waals surface area contributed by atoms with Crippen LogP contribution in [0.3, 0.4) is 0 Å². The van der Waals surface area contributed by atoms with Crippen LogP contribution in [0.1, 0.15) is 46.9 Å². The molecule has 1 aromatic carbocycles. The molecule has 2 heterocycles. The third kappa shape index (κ3) is 3.67. The number of hydrogen-bond donors (Lipinski definition) is 1. The van der Waals surface area contributed by atoms with Crippen LogP contribution in [0.5, 0.6) is 0 Å². The van der Waals surface area contributed by atoms with Crippen molar-refractivity contribution in [2.45, 2.75) is 32.1 Å². The summed E-state index contributed by atoms with van der Waals surface area (Å²) in [5, 5.41) is 0. The van der Waals surface area contributed by atoms with Crippen LogP contribution in [-0.2, 0) is 0 Å². The minimum absolute atomic E-state index is 0.0455. The number of anilines is 1. The molecule has 2 aromatic rings. The second-order valence-corrected chi connectivity index (χ2v) is 6.08. The van der Waals surface area contributed by atoms with Gasteiger partial charge < -0.3 is 10.6 Å². The van der Waals surface area contributed by atoms with Crippen molar-refractivity contribution >= 4 is 11.9 Å². The van der Waals surface area contributed by atoms with Gasteiger partial charge in [-0.3, -0.25) is 4.79 Å². The van der Waals surface area contributed by atoms with Gasteiger partial charge in [0, 0.05) is 18.8 Å². The SMILES string of the molecule is Cc1cc(C(=O)N2CCC[C@@H](c3ccccc3)CC2)nc(N)n1. The summed E-state index contributed by atoms with van der Waals surface area (Å²) in [4.78, 5) is 22.7. The molecular weight excluding hydrogens is 288 g/mol. The molecule has 120 valence electrons. The largest absolute Gasteiger partial charge is 0.368 e. The van der Waals surface area contributed by atoms with E-state index in [0.29, 0.717) is 11.6 Å². The normalized spacial score (nSPS) is 18.5. The van der Waals surface area contributed by atoms with Crippen molar-refractivity contribution in [3.8, 4) is 0 Å². The Labute approximate surface area is 136 Å². The second kappa shape index (κ2) is 6.77. The first-order valence-electron chi connectivity index (χ1n) is 8.09. The van der Waals surface area contributed by atoms with Crippen molar-refractivity contribution in [1.29, 1.82) is 0 Å². The number of rotatable bonds is 2. The number of aromatic nitrogens is 2. The zero-order valence-electron chi connectivity index (χ0n) is 13.4. The lowest BCUT2D eigenvalue weighted by molar-refractivity contribution is 0.0755. The van der Waals surface area contributed by atoms with Crippen LogP contribution in [0, 0.1) is 6.92 Å². The number of carbonyl (C=O) groups excluding carboxylic acids is 1. The summed E-state index contributed by atoms with van der Waals surface area (Å²) in [5.41, 5.74) is 8.14. The molecule has 1 amide bonds. The van der Waals surface area contributed by atoms with Crippen LogP contribution in [0.15, 0.2) is 36.4 Å². The van der Waals surface area contributed by atoms with Crippen molar-refractivity contribution in [1.82, 2.24) is 14.9 Å². The van der Waals surface area contributed by atoms with Crippen molar-refractivity contribution in [2.24, 2.45) is 0 Å². The van der Waals surface area contributed by atoms with E-state index >= 15 is 0 Å². The highest BCUT2D eigenvalue weighted by atomic mass is 16.2. The maximum atomic E-state index is 12.7. The summed E-state index contributed by atoms with van der Waals surface area (Å²) < 4.78 is 0. The highest BCUT2D eigenvalue weighted by molar-refractivity contribution is 5.92. The topological polar surface area (TPSA) is 72.1 Å². The first-order chi connectivity index (χ1) is 11.1. The molecule has 0 unspecified atom stereocenters. The third-order valence-corrected chi connectivity index (χ3v) is 4.38. The van der Waals surface area contributed by atoms with Gasteiger partial charge in [0.05, 0.1) is 0 Å². The Balaban J connectivity index is 1.71. The van der Waals surface area contributed by atoms with Gasteiger partial charge in [-0.25, -0.2) is 9.97 Å². The molecule has 0 saturated carbocycles. The Morgan fingerprint density at radius 3 is 2.70 bits per heavy atom. The summed E-state index contributed by atoms with van der Waals surface area (Å²) >= 11 is 0. The van der Waals surface area contributed by atoms with Crippen LogP contribution in [0.2, 0.25) is 0 Å². The van der Waals surface area contributed by atoms with E-state index < -0.39 is 0 Å². The highest BCUT2D eigenvalue weighted by Gasteiger charge is 2.23. The zero-order valence-corrected chi connectivity index (χ0v) is 13.4. The predicted octanol–water partition coefficient (Wildman–Crippen LogP) is 2.78. The Morgan fingerprint density at radius 2 is 1.96 bits per heavy atom. The van der Waals surface area contributed by atoms with Crippen LogP contribution in [0.4, 0.5) is 5.95 Å². The van der Waals surface area contributed by atoms with Gasteiger partial charge in [0.2, 0.25) is 5.95 Å². The number of likely N-dealkylation sites (tertiary alicyclic amines) is 1. The predicted molar refractivity (Wildman–Crippen MR) is 90.1 cm³/mol. The monoisotopic (exact) mass is 310 g/mol. The number of nitrogens with zero attached hydrogens (tertiary/aromatic N) is 3. The zero-order chi connectivity index (χ0) is 16.2. The summed E-state index contributed by atoms with van der Waals surface area (Å²) in [7, 11) is 0. The van der Waals surface area contributed by atoms with Gasteiger partial charge in [-0.1, -0.05) is 30.3 Å². The number of nitrogen functional groups attached to an aromatic ring is 1. The summed E-state index contributed by atoms with van der Waals surface area (Å²) in [6.45, 7) is 3.34. The number of nitrogens with two attached hydrogens (primary N) is 1. The van der Waals surface area contributed by atoms with Crippen LogP contribution >= 0.6 is 0 Å². The molecule has 1 atom stereocenters. The molecule has 1 aliphatic rings. The maximum Gasteiger partial charge on any atom is 0.272 e. The molecule has 1 aliphatic heterocycles. The first-order valence-corrected chi connectivity index (χ1v) is 8.09. The van der Waals surface area contributed by atoms with Crippen LogP contribution in [0.25, 0.3) is 0 Å². The highest BCUT2D eigenvalue weighted by Crippen LogP contribution is 2.28. The first kappa shape index (κ1) is 15.5. The molecule has 0 radical (unpaired) electrons. The third-order valence-electron chi connectivity index (χ3n) is 4.38. The molecule has 1 saturated heterocycles. The van der Waals surface area contributed by atoms with E-state index in [1.807, 2.05) is 17.9 Å². The van der Waals surface area contributed by atoms with Crippen molar-refractivity contribution in [3.63, 3.8) is 0 Å². The molecular formula is C18H22N4O. The second-order valence-electron chi connectivity index (χ2n) is 6.08. The number of carbonyl (C=O) groups is 1. The number of benzene rings is 1. The van der Waals surface area contributed by atoms with E-state index in [-0.39, 0.29) is 11.9 Å². The average Bonchev–Trinajstić information content (AvgIpc) is 2.80. The molecule has 2 N–H and O–H groups in total. The van der Waals surface area contributed by atoms with E-state index in [0.717, 1.165) is 38.0 Å². The van der Waals surface area contributed by atoms with Gasteiger partial charge in [-0.05, 0) is 43.7 Å². The molecule has 0 aliphatic carbocycles. The van der Waals surface area contributed by atoms with Crippen molar-refractivity contribution in [3.05, 3.63) is 53.3 Å². The quantitative estimate of drug-likeness (QED) is 0.926. The van der Waals surface area contributed by atoms with E-state index in [2.05, 4.69) is 34.2 Å². The lowest BCUT2D eigenvalue weighted by atomic mass is 9.92. The maximum absolute atomic E-state index is 12.7. The smallest absolute Gasteiger partial charge is 0.272 e. The number of hydrogen-bond acceptors (Lipinski definition) is 4. The van der Waals surface area contributed by atoms with Gasteiger partial charge in [-0.15, -0.1) is 0 Å². The standard InChI is InChI=1S/C18H22N4O/c1-13-12-16(21-18(19)20-13)17(23)22-10-5-8-15(9-11-22)14-6-3-2-4-7-14/h2-4,6-7,12,15H,5,8-11H2,1H3,(H2,19,20,21)/t15-/m1/s1. The lowest BCUT2D eigenvalue weighted by Gasteiger charge is -2.20. The molecule has 0 spiro atoms. The molecule has 0 bridgehead atoms. The summed E-state index contributed by atoms with van der Waals surface area (Å²) in [6.07, 6.45) is 3.10. The number of aryl methyl sites for hydroxylation is 1. The van der Waals surface area contributed by atoms with E-state index in [4.69, 9.17) is 5.73 Å². The molecule has 5 heteroatoms. The van der Waals surface area contributed by atoms with Crippen LogP contribution < -0.4 is 5.73 Å². The van der Waals surface area contributed by atoms with Crippen molar-refractivity contribution < 1.29 is 4.79 Å². The molecule has 1 fully saturated rings. The van der Waals surface area contributed by atoms with E-state index in [1.54, 1.807) is 6.07 Å². The summed E-state index contributed by atoms with van der Waals surface area (Å²) in [6, 6.07) is 12.3. The van der Waals surface area contributed by atoms with E-state index in [9.17, 15) is 4.79 Å². The molecule has 23 heavy (non-hydrogen) atoms. The van der Waals surface area contributed by atoms with Gasteiger partial charge in [0.25, 0.3) is 5.91 Å². The fraction of sp³-hybridized carbons (Fsp3) is 0.389. The molecule has 3 rings (SSSR count). The van der Waals surface area contributed by atoms with Crippen molar-refractivity contribution in [2.75, 3.05) is 18.8 Å².